The van der Waals surface area contributed by atoms with Gasteiger partial charge in [-0.2, -0.15) is 0 Å². The largest absolute Gasteiger partial charge is 0.508 e. The summed E-state index contributed by atoms with van der Waals surface area (Å²) >= 11 is 0. The number of hydrogen-bond acceptors (Lipinski definition) is 4. The van der Waals surface area contributed by atoms with Crippen LogP contribution in [0.3, 0.4) is 0 Å². The van der Waals surface area contributed by atoms with Gasteiger partial charge in [-0.1, -0.05) is 53.7 Å². The fourth-order valence-corrected chi connectivity index (χ4v) is 7.25. The maximum absolute atomic E-state index is 11.1. The quantitative estimate of drug-likeness (QED) is 0.354. The Hall–Kier alpha value is -3.14. The Morgan fingerprint density at radius 3 is 1.24 bits per heavy atom. The molecule has 3 aromatic rings. The highest BCUT2D eigenvalue weighted by Gasteiger charge is 2.50. The van der Waals surface area contributed by atoms with Crippen LogP contribution in [0, 0.1) is 0 Å². The van der Waals surface area contributed by atoms with E-state index >= 15 is 0 Å². The van der Waals surface area contributed by atoms with Crippen molar-refractivity contribution < 1.29 is 20.4 Å². The first-order chi connectivity index (χ1) is 15.7. The van der Waals surface area contributed by atoms with Crippen LogP contribution >= 0.6 is 0 Å². The van der Waals surface area contributed by atoms with Crippen molar-refractivity contribution in [2.24, 2.45) is 0 Å². The zero-order valence-corrected chi connectivity index (χ0v) is 20.8. The summed E-state index contributed by atoms with van der Waals surface area (Å²) in [5.41, 5.74) is 4.43. The van der Waals surface area contributed by atoms with Crippen molar-refractivity contribution >= 4 is 0 Å². The molecule has 0 fully saturated rings. The molecule has 2 atom stereocenters. The first-order valence-corrected chi connectivity index (χ1v) is 11.9. The minimum atomic E-state index is -0.545. The van der Waals surface area contributed by atoms with Gasteiger partial charge in [0.2, 0.25) is 0 Å². The molecule has 5 rings (SSSR count). The van der Waals surface area contributed by atoms with Crippen LogP contribution in [-0.4, -0.2) is 20.4 Å². The molecule has 4 N–H and O–H groups in total. The third kappa shape index (κ3) is 2.97. The Morgan fingerprint density at radius 1 is 0.471 bits per heavy atom. The van der Waals surface area contributed by atoms with Crippen molar-refractivity contribution in [2.75, 3.05) is 0 Å². The molecule has 0 spiro atoms. The molecule has 2 aliphatic rings. The van der Waals surface area contributed by atoms with E-state index in [1.807, 2.05) is 30.3 Å². The van der Waals surface area contributed by atoms with Crippen molar-refractivity contribution in [1.29, 1.82) is 0 Å². The minimum Gasteiger partial charge on any atom is -0.508 e. The smallest absolute Gasteiger partial charge is 0.123 e. The molecule has 0 aliphatic heterocycles. The fourth-order valence-electron chi connectivity index (χ4n) is 7.25. The summed E-state index contributed by atoms with van der Waals surface area (Å²) in [4.78, 5) is 0. The van der Waals surface area contributed by atoms with Crippen LogP contribution in [-0.2, 0) is 21.7 Å². The first kappa shape index (κ1) is 22.6. The highest BCUT2D eigenvalue weighted by Crippen LogP contribution is 2.59. The van der Waals surface area contributed by atoms with Crippen LogP contribution in [0.5, 0.6) is 23.0 Å². The maximum atomic E-state index is 11.1. The number of aromatic hydroxyl groups is 4. The van der Waals surface area contributed by atoms with Gasteiger partial charge in [0.05, 0.1) is 0 Å². The second-order valence-electron chi connectivity index (χ2n) is 12.1. The molecule has 2 unspecified atom stereocenters. The predicted molar refractivity (Wildman–Crippen MR) is 134 cm³/mol. The summed E-state index contributed by atoms with van der Waals surface area (Å²) in [6, 6.07) is 14.4. The first-order valence-electron chi connectivity index (χ1n) is 11.9. The summed E-state index contributed by atoms with van der Waals surface area (Å²) in [5.74, 6) is 0.505. The minimum absolute atomic E-state index is 0.0488. The zero-order valence-electron chi connectivity index (χ0n) is 20.8. The molecule has 34 heavy (non-hydrogen) atoms. The number of phenolic OH excluding ortho intramolecular Hbond substituents is 4. The third-order valence-electron chi connectivity index (χ3n) is 8.55. The average molecular weight is 459 g/mol. The number of benzene rings is 3. The zero-order chi connectivity index (χ0) is 24.8. The highest BCUT2D eigenvalue weighted by molar-refractivity contribution is 5.63. The summed E-state index contributed by atoms with van der Waals surface area (Å²) in [6.45, 7) is 13.0. The van der Waals surface area contributed by atoms with Crippen LogP contribution in [0.2, 0.25) is 0 Å². The Bertz CT molecular complexity index is 1240. The van der Waals surface area contributed by atoms with Crippen LogP contribution in [0.4, 0.5) is 0 Å². The number of rotatable bonds is 2. The second-order valence-corrected chi connectivity index (χ2v) is 12.1. The molecule has 0 bridgehead atoms. The normalized spacial score (nSPS) is 26.3. The molecule has 2 aliphatic carbocycles. The van der Waals surface area contributed by atoms with Crippen LogP contribution in [0.1, 0.15) is 87.8 Å². The molecule has 4 heteroatoms. The summed E-state index contributed by atoms with van der Waals surface area (Å²) in [5, 5.41) is 42.8. The molecule has 3 aromatic carbocycles. The lowest BCUT2D eigenvalue weighted by molar-refractivity contribution is 0.382. The van der Waals surface area contributed by atoms with Crippen molar-refractivity contribution in [2.45, 2.75) is 76.0 Å². The van der Waals surface area contributed by atoms with Gasteiger partial charge in [0.25, 0.3) is 0 Å². The van der Waals surface area contributed by atoms with Crippen molar-refractivity contribution in [1.82, 2.24) is 0 Å². The number of fused-ring (bicyclic) bond motifs is 2. The van der Waals surface area contributed by atoms with Crippen molar-refractivity contribution in [3.63, 3.8) is 0 Å². The number of hydrogen-bond donors (Lipinski definition) is 4. The van der Waals surface area contributed by atoms with Gasteiger partial charge in [0, 0.05) is 28.0 Å². The molecule has 0 amide bonds. The van der Waals surface area contributed by atoms with Gasteiger partial charge in [-0.3, -0.25) is 0 Å². The molecule has 0 saturated heterocycles. The van der Waals surface area contributed by atoms with E-state index in [2.05, 4.69) is 41.5 Å². The maximum Gasteiger partial charge on any atom is 0.123 e. The monoisotopic (exact) mass is 458 g/mol. The van der Waals surface area contributed by atoms with Gasteiger partial charge < -0.3 is 20.4 Å². The number of phenols is 4. The van der Waals surface area contributed by atoms with E-state index in [9.17, 15) is 20.4 Å². The van der Waals surface area contributed by atoms with Gasteiger partial charge >= 0.3 is 0 Å². The lowest BCUT2D eigenvalue weighted by atomic mass is 9.70. The Morgan fingerprint density at radius 2 is 0.853 bits per heavy atom. The summed E-state index contributed by atoms with van der Waals surface area (Å²) in [6.07, 6.45) is 1.52. The lowest BCUT2D eigenvalue weighted by Gasteiger charge is -2.33. The van der Waals surface area contributed by atoms with Gasteiger partial charge in [0.15, 0.2) is 0 Å². The molecular weight excluding hydrogens is 424 g/mol. The van der Waals surface area contributed by atoms with Crippen LogP contribution in [0.25, 0.3) is 0 Å². The SMILES string of the molecule is CC1(C)CC(C)(c2cc(C3(C)CC(C)(C)c4ccc(O)cc43)c(O)cc2O)c2cc(O)ccc21. The fraction of sp³-hybridized carbons (Fsp3) is 0.400. The average Bonchev–Trinajstić information content (AvgIpc) is 3.05. The van der Waals surface area contributed by atoms with E-state index in [-0.39, 0.29) is 33.8 Å². The van der Waals surface area contributed by atoms with Crippen LogP contribution in [0.15, 0.2) is 48.5 Å². The van der Waals surface area contributed by atoms with Gasteiger partial charge in [-0.05, 0) is 76.3 Å². The highest BCUT2D eigenvalue weighted by atomic mass is 16.3. The van der Waals surface area contributed by atoms with E-state index in [0.717, 1.165) is 46.2 Å². The van der Waals surface area contributed by atoms with Crippen LogP contribution < -0.4 is 0 Å². The molecule has 4 nitrogen and oxygen atoms in total. The van der Waals surface area contributed by atoms with E-state index in [4.69, 9.17) is 0 Å². The Kier molecular flexibility index (Phi) is 4.47. The molecule has 178 valence electrons. The lowest BCUT2D eigenvalue weighted by Crippen LogP contribution is -2.27. The Labute approximate surface area is 201 Å². The molecule has 0 saturated carbocycles. The molecular formula is C30H34O4. The predicted octanol–water partition coefficient (Wildman–Crippen LogP) is 6.48. The third-order valence-corrected chi connectivity index (χ3v) is 8.55. The standard InChI is InChI=1S/C30H34O4/c1-27(2)15-29(5,21-11-17(31)7-9-19(21)27)23-13-24(26(34)14-25(23)33)30(6)16-28(3,4)20-10-8-18(32)12-22(20)30/h7-14,31-34H,15-16H2,1-6H3. The van der Waals surface area contributed by atoms with Gasteiger partial charge in [0.1, 0.15) is 23.0 Å². The van der Waals surface area contributed by atoms with E-state index in [1.165, 1.54) is 6.07 Å². The second kappa shape index (κ2) is 6.71. The summed E-state index contributed by atoms with van der Waals surface area (Å²) < 4.78 is 0. The van der Waals surface area contributed by atoms with Gasteiger partial charge in [-0.25, -0.2) is 0 Å². The topological polar surface area (TPSA) is 80.9 Å². The van der Waals surface area contributed by atoms with Gasteiger partial charge in [-0.15, -0.1) is 0 Å². The molecule has 0 heterocycles. The Balaban J connectivity index is 1.75. The van der Waals surface area contributed by atoms with E-state index in [1.54, 1.807) is 12.1 Å². The van der Waals surface area contributed by atoms with E-state index < -0.39 is 10.8 Å². The van der Waals surface area contributed by atoms with Crippen molar-refractivity contribution in [3.8, 4) is 23.0 Å². The van der Waals surface area contributed by atoms with Crippen molar-refractivity contribution in [3.05, 3.63) is 81.9 Å². The molecule has 0 aromatic heterocycles. The molecule has 0 radical (unpaired) electrons. The summed E-state index contributed by atoms with van der Waals surface area (Å²) in [7, 11) is 0. The van der Waals surface area contributed by atoms with E-state index in [0.29, 0.717) is 0 Å².